The van der Waals surface area contributed by atoms with Gasteiger partial charge in [-0.15, -0.1) is 0 Å². The number of hydrogen-bond acceptors (Lipinski definition) is 2. The van der Waals surface area contributed by atoms with Gasteiger partial charge in [-0.1, -0.05) is 68.3 Å². The maximum absolute atomic E-state index is 6.40. The van der Waals surface area contributed by atoms with Crippen molar-refractivity contribution < 1.29 is 0 Å². The summed E-state index contributed by atoms with van der Waals surface area (Å²) in [6.07, 6.45) is 4.57. The summed E-state index contributed by atoms with van der Waals surface area (Å²) in [7, 11) is 0. The van der Waals surface area contributed by atoms with Gasteiger partial charge < -0.3 is 11.5 Å². The van der Waals surface area contributed by atoms with Crippen molar-refractivity contribution in [2.75, 3.05) is 11.5 Å². The van der Waals surface area contributed by atoms with Crippen molar-refractivity contribution in [2.45, 2.75) is 32.6 Å². The molecule has 0 aliphatic heterocycles. The van der Waals surface area contributed by atoms with Crippen LogP contribution in [0.15, 0.2) is 54.6 Å². The molecular weight excluding hydrogens is 304 g/mol. The van der Waals surface area contributed by atoms with E-state index in [9.17, 15) is 0 Å². The number of nitrogen functional groups attached to an aromatic ring is 2. The number of rotatable bonds is 4. The Balaban J connectivity index is 2.00. The van der Waals surface area contributed by atoms with Crippen LogP contribution in [0, 0.1) is 0 Å². The van der Waals surface area contributed by atoms with E-state index in [0.29, 0.717) is 0 Å². The molecule has 0 aliphatic carbocycles. The van der Waals surface area contributed by atoms with Crippen LogP contribution >= 0.6 is 0 Å². The first-order valence-corrected chi connectivity index (χ1v) is 9.11. The average molecular weight is 328 g/mol. The maximum Gasteiger partial charge on any atom is 0.0630 e. The predicted molar refractivity (Wildman–Crippen MR) is 111 cm³/mol. The molecule has 0 amide bonds. The molecule has 0 spiro atoms. The molecule has 126 valence electrons. The third-order valence-corrected chi connectivity index (χ3v) is 5.26. The third-order valence-electron chi connectivity index (χ3n) is 5.26. The van der Waals surface area contributed by atoms with E-state index in [1.165, 1.54) is 45.3 Å². The third kappa shape index (κ3) is 2.58. The topological polar surface area (TPSA) is 52.0 Å². The fraction of sp³-hybridized carbons (Fsp3) is 0.217. The first kappa shape index (κ1) is 15.8. The van der Waals surface area contributed by atoms with Gasteiger partial charge in [0.25, 0.3) is 0 Å². The lowest BCUT2D eigenvalue weighted by Crippen LogP contribution is -2.01. The summed E-state index contributed by atoms with van der Waals surface area (Å²) in [5.74, 6) is 0. The minimum Gasteiger partial charge on any atom is -0.397 e. The molecule has 4 rings (SSSR count). The molecule has 0 atom stereocenters. The first-order valence-electron chi connectivity index (χ1n) is 9.11. The molecule has 2 nitrogen and oxygen atoms in total. The summed E-state index contributed by atoms with van der Waals surface area (Å²) in [6.45, 7) is 2.22. The van der Waals surface area contributed by atoms with Crippen LogP contribution in [0.1, 0.15) is 31.7 Å². The van der Waals surface area contributed by atoms with Gasteiger partial charge in [-0.2, -0.15) is 0 Å². The Morgan fingerprint density at radius 1 is 0.680 bits per heavy atom. The van der Waals surface area contributed by atoms with Crippen molar-refractivity contribution in [1.29, 1.82) is 0 Å². The van der Waals surface area contributed by atoms with Gasteiger partial charge in [-0.05, 0) is 51.4 Å². The van der Waals surface area contributed by atoms with Gasteiger partial charge in [-0.3, -0.25) is 0 Å². The second-order valence-corrected chi connectivity index (χ2v) is 6.86. The number of fused-ring (bicyclic) bond motifs is 5. The van der Waals surface area contributed by atoms with E-state index in [1.54, 1.807) is 0 Å². The van der Waals surface area contributed by atoms with Gasteiger partial charge in [0.05, 0.1) is 11.4 Å². The van der Waals surface area contributed by atoms with Gasteiger partial charge in [0.15, 0.2) is 0 Å². The zero-order chi connectivity index (χ0) is 17.4. The Morgan fingerprint density at radius 3 is 2.24 bits per heavy atom. The van der Waals surface area contributed by atoms with Gasteiger partial charge in [-0.25, -0.2) is 0 Å². The van der Waals surface area contributed by atoms with E-state index >= 15 is 0 Å². The standard InChI is InChI=1S/C23H24N2/c1-2-3-4-8-16-14-21-19-11-10-15-7-5-6-9-17(15)18(19)12-13-20(21)23(25)22(16)24/h5-7,9-14H,2-4,8,24-25H2,1H3. The molecule has 4 aromatic rings. The van der Waals surface area contributed by atoms with Crippen molar-refractivity contribution in [1.82, 2.24) is 0 Å². The number of aryl methyl sites for hydroxylation is 1. The van der Waals surface area contributed by atoms with E-state index in [1.807, 2.05) is 0 Å². The lowest BCUT2D eigenvalue weighted by atomic mass is 9.93. The van der Waals surface area contributed by atoms with Gasteiger partial charge >= 0.3 is 0 Å². The quantitative estimate of drug-likeness (QED) is 0.272. The van der Waals surface area contributed by atoms with Crippen LogP contribution in [0.5, 0.6) is 0 Å². The van der Waals surface area contributed by atoms with E-state index in [2.05, 4.69) is 61.5 Å². The zero-order valence-electron chi connectivity index (χ0n) is 14.7. The largest absolute Gasteiger partial charge is 0.397 e. The van der Waals surface area contributed by atoms with Crippen LogP contribution in [-0.4, -0.2) is 0 Å². The highest BCUT2D eigenvalue weighted by atomic mass is 14.7. The molecule has 0 fully saturated rings. The Morgan fingerprint density at radius 2 is 1.40 bits per heavy atom. The molecule has 25 heavy (non-hydrogen) atoms. The highest BCUT2D eigenvalue weighted by Gasteiger charge is 2.12. The van der Waals surface area contributed by atoms with Crippen LogP contribution < -0.4 is 11.5 Å². The lowest BCUT2D eigenvalue weighted by Gasteiger charge is -2.14. The Kier molecular flexibility index (Phi) is 3.96. The van der Waals surface area contributed by atoms with Crippen molar-refractivity contribution in [3.05, 3.63) is 60.2 Å². The second kappa shape index (κ2) is 6.29. The molecule has 0 saturated carbocycles. The number of unbranched alkanes of at least 4 members (excludes halogenated alkanes) is 2. The number of hydrogen-bond donors (Lipinski definition) is 2. The molecule has 0 aromatic heterocycles. The number of benzene rings is 4. The minimum absolute atomic E-state index is 0.721. The van der Waals surface area contributed by atoms with Gasteiger partial charge in [0, 0.05) is 5.39 Å². The summed E-state index contributed by atoms with van der Waals surface area (Å²) in [5, 5.41) is 7.33. The fourth-order valence-corrected chi connectivity index (χ4v) is 3.84. The number of nitrogens with two attached hydrogens (primary N) is 2. The highest BCUT2D eigenvalue weighted by Crippen LogP contribution is 2.37. The van der Waals surface area contributed by atoms with Gasteiger partial charge in [0.2, 0.25) is 0 Å². The van der Waals surface area contributed by atoms with Crippen LogP contribution in [-0.2, 0) is 6.42 Å². The molecule has 0 saturated heterocycles. The SMILES string of the molecule is CCCCCc1cc2c(ccc3c4ccccc4ccc23)c(N)c1N. The molecule has 0 aliphatic rings. The van der Waals surface area contributed by atoms with E-state index in [4.69, 9.17) is 11.5 Å². The van der Waals surface area contributed by atoms with Crippen molar-refractivity contribution in [3.8, 4) is 0 Å². The maximum atomic E-state index is 6.40. The monoisotopic (exact) mass is 328 g/mol. The summed E-state index contributed by atoms with van der Waals surface area (Å²) in [5.41, 5.74) is 15.4. The molecular formula is C23H24N2. The summed E-state index contributed by atoms with van der Waals surface area (Å²) in [4.78, 5) is 0. The van der Waals surface area contributed by atoms with Crippen molar-refractivity contribution >= 4 is 43.7 Å². The molecule has 0 heterocycles. The van der Waals surface area contributed by atoms with Crippen molar-refractivity contribution in [2.24, 2.45) is 0 Å². The van der Waals surface area contributed by atoms with E-state index in [0.717, 1.165) is 29.6 Å². The second-order valence-electron chi connectivity index (χ2n) is 6.86. The summed E-state index contributed by atoms with van der Waals surface area (Å²) >= 11 is 0. The molecule has 0 unspecified atom stereocenters. The molecule has 4 N–H and O–H groups in total. The predicted octanol–water partition coefficient (Wildman–Crippen LogP) is 6.04. The normalized spacial score (nSPS) is 11.6. The van der Waals surface area contributed by atoms with Crippen LogP contribution in [0.25, 0.3) is 32.3 Å². The highest BCUT2D eigenvalue weighted by molar-refractivity contribution is 6.20. The van der Waals surface area contributed by atoms with Crippen LogP contribution in [0.4, 0.5) is 11.4 Å². The fourth-order valence-electron chi connectivity index (χ4n) is 3.84. The zero-order valence-corrected chi connectivity index (χ0v) is 14.7. The lowest BCUT2D eigenvalue weighted by molar-refractivity contribution is 0.719. The average Bonchev–Trinajstić information content (AvgIpc) is 2.65. The summed E-state index contributed by atoms with van der Waals surface area (Å²) in [6, 6.07) is 19.5. The van der Waals surface area contributed by atoms with E-state index < -0.39 is 0 Å². The molecule has 0 bridgehead atoms. The summed E-state index contributed by atoms with van der Waals surface area (Å²) < 4.78 is 0. The van der Waals surface area contributed by atoms with E-state index in [-0.39, 0.29) is 0 Å². The smallest absolute Gasteiger partial charge is 0.0630 e. The molecule has 2 heteroatoms. The molecule has 4 aromatic carbocycles. The Labute approximate surface area is 148 Å². The van der Waals surface area contributed by atoms with Crippen LogP contribution in [0.2, 0.25) is 0 Å². The first-order chi connectivity index (χ1) is 12.2. The number of anilines is 2. The van der Waals surface area contributed by atoms with Crippen LogP contribution in [0.3, 0.4) is 0 Å². The Hall–Kier alpha value is -2.74. The minimum atomic E-state index is 0.721. The Bertz CT molecular complexity index is 1080. The van der Waals surface area contributed by atoms with Gasteiger partial charge in [0.1, 0.15) is 0 Å². The molecule has 0 radical (unpaired) electrons. The van der Waals surface area contributed by atoms with Crippen molar-refractivity contribution in [3.63, 3.8) is 0 Å².